The van der Waals surface area contributed by atoms with E-state index >= 15 is 0 Å². The van der Waals surface area contributed by atoms with E-state index in [-0.39, 0.29) is 11.4 Å². The van der Waals surface area contributed by atoms with Gasteiger partial charge in [0.2, 0.25) is 10.0 Å². The summed E-state index contributed by atoms with van der Waals surface area (Å²) in [5, 5.41) is 0. The van der Waals surface area contributed by atoms with Gasteiger partial charge in [0.05, 0.1) is 16.5 Å². The molecule has 1 aliphatic heterocycles. The number of nitrogens with zero attached hydrogens (tertiary/aromatic N) is 1. The molecule has 0 aromatic heterocycles. The van der Waals surface area contributed by atoms with Crippen molar-refractivity contribution in [1.82, 2.24) is 4.31 Å². The zero-order valence-corrected chi connectivity index (χ0v) is 14.0. The fraction of sp³-hybridized carbons (Fsp3) is 0.294. The average molecular weight is 373 g/mol. The highest BCUT2D eigenvalue weighted by Crippen LogP contribution is 2.43. The van der Waals surface area contributed by atoms with Crippen molar-refractivity contribution in [3.63, 3.8) is 0 Å². The largest absolute Gasteiger partial charge is 0.416 e. The van der Waals surface area contributed by atoms with Gasteiger partial charge in [0.1, 0.15) is 6.17 Å². The third-order valence-corrected chi connectivity index (χ3v) is 6.04. The lowest BCUT2D eigenvalue weighted by Crippen LogP contribution is -2.19. The van der Waals surface area contributed by atoms with Gasteiger partial charge in [-0.15, -0.1) is 0 Å². The Hall–Kier alpha value is -1.93. The van der Waals surface area contributed by atoms with Crippen LogP contribution in [-0.4, -0.2) is 25.3 Å². The van der Waals surface area contributed by atoms with Gasteiger partial charge in [-0.25, -0.2) is 12.8 Å². The molecule has 1 unspecified atom stereocenters. The second-order valence-corrected chi connectivity index (χ2v) is 7.83. The molecule has 3 nitrogen and oxygen atoms in total. The number of sulfonamides is 1. The van der Waals surface area contributed by atoms with E-state index in [1.165, 1.54) is 24.3 Å². The third kappa shape index (κ3) is 3.41. The Morgan fingerprint density at radius 3 is 2.28 bits per heavy atom. The molecule has 0 saturated carbocycles. The number of rotatable bonds is 4. The lowest BCUT2D eigenvalue weighted by atomic mass is 10.0. The summed E-state index contributed by atoms with van der Waals surface area (Å²) in [6.45, 7) is 1.64. The van der Waals surface area contributed by atoms with Crippen molar-refractivity contribution >= 4 is 10.0 Å². The van der Waals surface area contributed by atoms with Crippen LogP contribution in [0.2, 0.25) is 0 Å². The summed E-state index contributed by atoms with van der Waals surface area (Å²) in [6, 6.07) is 9.20. The van der Waals surface area contributed by atoms with Gasteiger partial charge in [-0.1, -0.05) is 35.9 Å². The smallest absolute Gasteiger partial charge is 0.240 e. The summed E-state index contributed by atoms with van der Waals surface area (Å²) < 4.78 is 79.6. The van der Waals surface area contributed by atoms with Gasteiger partial charge in [-0.3, -0.25) is 0 Å². The van der Waals surface area contributed by atoms with E-state index in [0.717, 1.165) is 22.0 Å². The molecular formula is C17H15F4NO2S. The molecule has 1 fully saturated rings. The van der Waals surface area contributed by atoms with Crippen molar-refractivity contribution in [2.45, 2.75) is 30.2 Å². The van der Waals surface area contributed by atoms with Crippen LogP contribution < -0.4 is 0 Å². The van der Waals surface area contributed by atoms with Gasteiger partial charge in [0, 0.05) is 6.54 Å². The van der Waals surface area contributed by atoms with Gasteiger partial charge >= 0.3 is 6.18 Å². The molecule has 3 atom stereocenters. The third-order valence-electron chi connectivity index (χ3n) is 4.13. The number of halogens is 4. The Balaban J connectivity index is 1.86. The first-order chi connectivity index (χ1) is 11.6. The van der Waals surface area contributed by atoms with E-state index in [1.54, 1.807) is 19.1 Å². The highest BCUT2D eigenvalue weighted by molar-refractivity contribution is 7.89. The lowest BCUT2D eigenvalue weighted by molar-refractivity contribution is -0.138. The first-order valence-corrected chi connectivity index (χ1v) is 8.95. The topological polar surface area (TPSA) is 37.1 Å². The van der Waals surface area contributed by atoms with Crippen LogP contribution in [0.3, 0.4) is 0 Å². The average Bonchev–Trinajstić information content (AvgIpc) is 3.35. The van der Waals surface area contributed by atoms with Crippen LogP contribution in [0.1, 0.15) is 22.9 Å². The van der Waals surface area contributed by atoms with Crippen molar-refractivity contribution in [3.05, 3.63) is 65.2 Å². The van der Waals surface area contributed by atoms with E-state index in [2.05, 4.69) is 0 Å². The summed E-state index contributed by atoms with van der Waals surface area (Å²) in [6.07, 6.45) is -6.74. The number of benzene rings is 2. The number of alkyl halides is 4. The zero-order valence-electron chi connectivity index (χ0n) is 13.2. The van der Waals surface area contributed by atoms with Crippen LogP contribution in [0.25, 0.3) is 0 Å². The Morgan fingerprint density at radius 2 is 1.68 bits per heavy atom. The molecule has 0 N–H and O–H groups in total. The van der Waals surface area contributed by atoms with E-state index < -0.39 is 39.5 Å². The molecule has 1 heterocycles. The van der Waals surface area contributed by atoms with Crippen LogP contribution in [0.4, 0.5) is 17.6 Å². The predicted octanol–water partition coefficient (Wildman–Crippen LogP) is 4.10. The van der Waals surface area contributed by atoms with Crippen molar-refractivity contribution < 1.29 is 26.0 Å². The van der Waals surface area contributed by atoms with Crippen LogP contribution in [-0.2, 0) is 16.2 Å². The maximum atomic E-state index is 14.7. The molecule has 0 bridgehead atoms. The predicted molar refractivity (Wildman–Crippen MR) is 84.2 cm³/mol. The van der Waals surface area contributed by atoms with Gasteiger partial charge < -0.3 is 0 Å². The second kappa shape index (κ2) is 6.10. The molecule has 8 heteroatoms. The van der Waals surface area contributed by atoms with Gasteiger partial charge in [-0.05, 0) is 30.7 Å². The molecule has 0 radical (unpaired) electrons. The summed E-state index contributed by atoms with van der Waals surface area (Å²) in [5.74, 6) is 0. The minimum absolute atomic E-state index is 0.00286. The van der Waals surface area contributed by atoms with E-state index in [0.29, 0.717) is 0 Å². The van der Waals surface area contributed by atoms with Crippen molar-refractivity contribution in [3.8, 4) is 0 Å². The monoisotopic (exact) mass is 373 g/mol. The molecule has 2 aromatic rings. The van der Waals surface area contributed by atoms with Crippen LogP contribution in [0.15, 0.2) is 53.4 Å². The Morgan fingerprint density at radius 1 is 1.08 bits per heavy atom. The SMILES string of the molecule is Cc1ccc(S(=O)(=O)N2C[C@H]2[C@@H](F)c2ccccc2C(F)(F)F)cc1. The molecular weight excluding hydrogens is 358 g/mol. The molecule has 25 heavy (non-hydrogen) atoms. The Bertz CT molecular complexity index is 878. The minimum Gasteiger partial charge on any atom is -0.240 e. The van der Waals surface area contributed by atoms with E-state index in [4.69, 9.17) is 0 Å². The Kier molecular flexibility index (Phi) is 4.36. The fourth-order valence-electron chi connectivity index (χ4n) is 2.70. The van der Waals surface area contributed by atoms with Gasteiger partial charge in [0.15, 0.2) is 0 Å². The highest BCUT2D eigenvalue weighted by atomic mass is 32.2. The van der Waals surface area contributed by atoms with Crippen LogP contribution >= 0.6 is 0 Å². The summed E-state index contributed by atoms with van der Waals surface area (Å²) in [5.41, 5.74) is -0.757. The first kappa shape index (κ1) is 17.9. The molecule has 0 amide bonds. The molecule has 0 spiro atoms. The lowest BCUT2D eigenvalue weighted by Gasteiger charge is -2.16. The normalized spacial score (nSPS) is 21.8. The summed E-state index contributed by atoms with van der Waals surface area (Å²) >= 11 is 0. The molecule has 2 aromatic carbocycles. The maximum Gasteiger partial charge on any atom is 0.416 e. The van der Waals surface area contributed by atoms with Crippen molar-refractivity contribution in [2.75, 3.05) is 6.54 Å². The van der Waals surface area contributed by atoms with Crippen LogP contribution in [0, 0.1) is 6.92 Å². The maximum absolute atomic E-state index is 14.7. The Labute approximate surface area is 142 Å². The molecule has 1 saturated heterocycles. The molecule has 1 aliphatic rings. The number of hydrogen-bond donors (Lipinski definition) is 0. The van der Waals surface area contributed by atoms with Gasteiger partial charge in [-0.2, -0.15) is 17.5 Å². The van der Waals surface area contributed by atoms with Crippen molar-refractivity contribution in [1.29, 1.82) is 0 Å². The minimum atomic E-state index is -4.70. The number of aryl methyl sites for hydroxylation is 1. The van der Waals surface area contributed by atoms with E-state index in [1.807, 2.05) is 0 Å². The summed E-state index contributed by atoms with van der Waals surface area (Å²) in [4.78, 5) is -0.00286. The molecule has 134 valence electrons. The van der Waals surface area contributed by atoms with Crippen LogP contribution in [0.5, 0.6) is 0 Å². The van der Waals surface area contributed by atoms with Gasteiger partial charge in [0.25, 0.3) is 0 Å². The van der Waals surface area contributed by atoms with Crippen molar-refractivity contribution in [2.24, 2.45) is 0 Å². The second-order valence-electron chi connectivity index (χ2n) is 5.94. The van der Waals surface area contributed by atoms with E-state index in [9.17, 15) is 26.0 Å². The highest BCUT2D eigenvalue weighted by Gasteiger charge is 2.51. The fourth-order valence-corrected chi connectivity index (χ4v) is 4.26. The molecule has 0 aliphatic carbocycles. The standard InChI is InChI=1S/C17H15F4NO2S/c1-11-6-8-12(9-7-11)25(23,24)22-10-15(22)16(18)13-4-2-3-5-14(13)17(19,20)21/h2-9,15-16H,10H2,1H3/t15-,16-,22?/m0/s1. The summed E-state index contributed by atoms with van der Waals surface area (Å²) in [7, 11) is -3.92. The first-order valence-electron chi connectivity index (χ1n) is 7.51. The zero-order chi connectivity index (χ0) is 18.4. The number of hydrogen-bond acceptors (Lipinski definition) is 2. The molecule has 3 rings (SSSR count). The quantitative estimate of drug-likeness (QED) is 0.598.